The average molecular weight is 457 g/mol. The number of benzene rings is 2. The summed E-state index contributed by atoms with van der Waals surface area (Å²) in [5.41, 5.74) is 5.55. The number of nitriles is 1. The van der Waals surface area contributed by atoms with Crippen LogP contribution in [0.3, 0.4) is 0 Å². The molecule has 7 heteroatoms. The van der Waals surface area contributed by atoms with Gasteiger partial charge in [-0.3, -0.25) is 4.57 Å². The van der Waals surface area contributed by atoms with E-state index in [9.17, 15) is 10.1 Å². The van der Waals surface area contributed by atoms with Crippen molar-refractivity contribution in [1.82, 2.24) is 14.1 Å². The van der Waals surface area contributed by atoms with Gasteiger partial charge in [0.2, 0.25) is 0 Å². The third-order valence-electron chi connectivity index (χ3n) is 5.59. The highest BCUT2D eigenvalue weighted by Gasteiger charge is 2.20. The van der Waals surface area contributed by atoms with Gasteiger partial charge in [0.1, 0.15) is 11.8 Å². The van der Waals surface area contributed by atoms with Gasteiger partial charge in [0.05, 0.1) is 36.4 Å². The van der Waals surface area contributed by atoms with E-state index in [0.29, 0.717) is 48.1 Å². The van der Waals surface area contributed by atoms with Crippen molar-refractivity contribution in [1.29, 1.82) is 5.26 Å². The largest absolute Gasteiger partial charge is 0.465 e. The molecule has 0 aliphatic heterocycles. The van der Waals surface area contributed by atoms with Gasteiger partial charge in [0.15, 0.2) is 0 Å². The van der Waals surface area contributed by atoms with Crippen LogP contribution in [0.25, 0.3) is 16.7 Å². The first-order chi connectivity index (χ1) is 16.6. The summed E-state index contributed by atoms with van der Waals surface area (Å²) in [7, 11) is 0. The molecule has 0 amide bonds. The molecule has 0 saturated heterocycles. The molecule has 2 heterocycles. The number of esters is 1. The molecule has 0 atom stereocenters. The molecule has 34 heavy (non-hydrogen) atoms. The lowest BCUT2D eigenvalue weighted by molar-refractivity contribution is 0.0528. The Hall–Kier alpha value is -4.05. The minimum absolute atomic E-state index is 0.299. The van der Waals surface area contributed by atoms with Gasteiger partial charge in [0.25, 0.3) is 6.01 Å². The number of carbonyl (C=O) groups is 1. The van der Waals surface area contributed by atoms with Crippen LogP contribution in [0.5, 0.6) is 6.01 Å². The number of hydrogen-bond acceptors (Lipinski definition) is 5. The highest BCUT2D eigenvalue weighted by atomic mass is 16.5. The van der Waals surface area contributed by atoms with Crippen molar-refractivity contribution >= 4 is 17.0 Å². The maximum atomic E-state index is 12.6. The second-order valence-corrected chi connectivity index (χ2v) is 7.94. The number of aromatic nitrogens is 3. The van der Waals surface area contributed by atoms with E-state index in [1.54, 1.807) is 19.1 Å². The van der Waals surface area contributed by atoms with Gasteiger partial charge in [-0.15, -0.1) is 0 Å². The molecule has 0 fully saturated rings. The standard InChI is InChI=1S/C27H28N4O3/c1-4-8-20-15-22(16-28)30(18-20)21-13-11-19(12-14-21)17-31-25-23(26(32)33-5-2)9-7-10-24(25)29-27(31)34-6-3/h7,9-15,18H,4-6,8,17H2,1-3H3. The Kier molecular flexibility index (Phi) is 6.98. The lowest BCUT2D eigenvalue weighted by Gasteiger charge is -2.12. The zero-order valence-electron chi connectivity index (χ0n) is 19.7. The molecule has 0 N–H and O–H groups in total. The molecular formula is C27H28N4O3. The van der Waals surface area contributed by atoms with Crippen LogP contribution in [-0.2, 0) is 17.7 Å². The highest BCUT2D eigenvalue weighted by Crippen LogP contribution is 2.27. The van der Waals surface area contributed by atoms with Crippen molar-refractivity contribution in [3.8, 4) is 17.8 Å². The molecule has 0 bridgehead atoms. The molecule has 0 unspecified atom stereocenters. The Morgan fingerprint density at radius 1 is 1.06 bits per heavy atom. The summed E-state index contributed by atoms with van der Waals surface area (Å²) in [6, 6.07) is 18.1. The summed E-state index contributed by atoms with van der Waals surface area (Å²) in [5.74, 6) is -0.382. The molecule has 0 saturated carbocycles. The van der Waals surface area contributed by atoms with Crippen LogP contribution in [0.2, 0.25) is 0 Å². The molecule has 7 nitrogen and oxygen atoms in total. The van der Waals surface area contributed by atoms with E-state index in [0.717, 1.165) is 29.7 Å². The van der Waals surface area contributed by atoms with E-state index in [-0.39, 0.29) is 5.97 Å². The second kappa shape index (κ2) is 10.3. The van der Waals surface area contributed by atoms with E-state index in [2.05, 4.69) is 18.0 Å². The number of hydrogen-bond donors (Lipinski definition) is 0. The maximum Gasteiger partial charge on any atom is 0.340 e. The molecule has 0 spiro atoms. The summed E-state index contributed by atoms with van der Waals surface area (Å²) >= 11 is 0. The minimum atomic E-state index is -0.382. The quantitative estimate of drug-likeness (QED) is 0.320. The zero-order chi connectivity index (χ0) is 24.1. The number of imidazole rings is 1. The van der Waals surface area contributed by atoms with Crippen LogP contribution in [0, 0.1) is 11.3 Å². The Bertz CT molecular complexity index is 1340. The van der Waals surface area contributed by atoms with Gasteiger partial charge in [0, 0.05) is 11.9 Å². The number of nitrogens with zero attached hydrogens (tertiary/aromatic N) is 4. The predicted molar refractivity (Wildman–Crippen MR) is 130 cm³/mol. The number of aryl methyl sites for hydroxylation is 1. The highest BCUT2D eigenvalue weighted by molar-refractivity contribution is 6.02. The van der Waals surface area contributed by atoms with Crippen LogP contribution < -0.4 is 4.74 Å². The summed E-state index contributed by atoms with van der Waals surface area (Å²) in [6.07, 6.45) is 4.00. The lowest BCUT2D eigenvalue weighted by Crippen LogP contribution is -2.10. The van der Waals surface area contributed by atoms with E-state index >= 15 is 0 Å². The van der Waals surface area contributed by atoms with E-state index in [1.807, 2.05) is 58.7 Å². The Balaban J connectivity index is 1.71. The summed E-state index contributed by atoms with van der Waals surface area (Å²) in [4.78, 5) is 17.2. The minimum Gasteiger partial charge on any atom is -0.465 e. The topological polar surface area (TPSA) is 82.1 Å². The molecule has 0 aliphatic carbocycles. The molecule has 4 rings (SSSR count). The molecule has 0 radical (unpaired) electrons. The number of rotatable bonds is 9. The fourth-order valence-corrected chi connectivity index (χ4v) is 4.11. The Labute approximate surface area is 199 Å². The van der Waals surface area contributed by atoms with Gasteiger partial charge in [-0.05, 0) is 61.7 Å². The first-order valence-corrected chi connectivity index (χ1v) is 11.6. The van der Waals surface area contributed by atoms with Crippen molar-refractivity contribution < 1.29 is 14.3 Å². The number of fused-ring (bicyclic) bond motifs is 1. The normalized spacial score (nSPS) is 10.9. The summed E-state index contributed by atoms with van der Waals surface area (Å²) in [5, 5.41) is 9.54. The molecule has 2 aromatic carbocycles. The first kappa shape index (κ1) is 23.1. The van der Waals surface area contributed by atoms with Crippen molar-refractivity contribution in [2.75, 3.05) is 13.2 Å². The number of ether oxygens (including phenoxy) is 2. The molecular weight excluding hydrogens is 428 g/mol. The second-order valence-electron chi connectivity index (χ2n) is 7.94. The third-order valence-corrected chi connectivity index (χ3v) is 5.59. The smallest absolute Gasteiger partial charge is 0.340 e. The van der Waals surface area contributed by atoms with Gasteiger partial charge in [-0.1, -0.05) is 31.5 Å². The maximum absolute atomic E-state index is 12.6. The first-order valence-electron chi connectivity index (χ1n) is 11.6. The van der Waals surface area contributed by atoms with E-state index < -0.39 is 0 Å². The molecule has 2 aromatic heterocycles. The zero-order valence-corrected chi connectivity index (χ0v) is 19.7. The van der Waals surface area contributed by atoms with Crippen LogP contribution in [-0.4, -0.2) is 33.3 Å². The SMILES string of the molecule is CCCc1cc(C#N)n(-c2ccc(Cn3c(OCC)nc4cccc(C(=O)OCC)c43)cc2)c1. The van der Waals surface area contributed by atoms with Crippen molar-refractivity contribution in [3.05, 3.63) is 77.1 Å². The van der Waals surface area contributed by atoms with E-state index in [4.69, 9.17) is 9.47 Å². The third kappa shape index (κ3) is 4.53. The predicted octanol–water partition coefficient (Wildman–Crippen LogP) is 5.27. The molecule has 174 valence electrons. The van der Waals surface area contributed by atoms with Crippen molar-refractivity contribution in [2.24, 2.45) is 0 Å². The Morgan fingerprint density at radius 3 is 2.53 bits per heavy atom. The Morgan fingerprint density at radius 2 is 1.85 bits per heavy atom. The van der Waals surface area contributed by atoms with Crippen LogP contribution >= 0.6 is 0 Å². The average Bonchev–Trinajstić information content (AvgIpc) is 3.41. The number of carbonyl (C=O) groups excluding carboxylic acids is 1. The van der Waals surface area contributed by atoms with Gasteiger partial charge >= 0.3 is 5.97 Å². The fourth-order valence-electron chi connectivity index (χ4n) is 4.11. The molecule has 0 aliphatic rings. The van der Waals surface area contributed by atoms with Crippen LogP contribution in [0.15, 0.2) is 54.7 Å². The monoisotopic (exact) mass is 456 g/mol. The van der Waals surface area contributed by atoms with Crippen molar-refractivity contribution in [3.63, 3.8) is 0 Å². The number of para-hydroxylation sites is 1. The molecule has 4 aromatic rings. The fraction of sp³-hybridized carbons (Fsp3) is 0.296. The van der Waals surface area contributed by atoms with Crippen molar-refractivity contribution in [2.45, 2.75) is 40.2 Å². The van der Waals surface area contributed by atoms with Crippen LogP contribution in [0.4, 0.5) is 0 Å². The van der Waals surface area contributed by atoms with Gasteiger partial charge in [-0.2, -0.15) is 10.2 Å². The van der Waals surface area contributed by atoms with Gasteiger partial charge in [-0.25, -0.2) is 4.79 Å². The van der Waals surface area contributed by atoms with Crippen LogP contribution in [0.1, 0.15) is 54.4 Å². The lowest BCUT2D eigenvalue weighted by atomic mass is 10.1. The van der Waals surface area contributed by atoms with E-state index in [1.165, 1.54) is 0 Å². The van der Waals surface area contributed by atoms with Gasteiger partial charge < -0.3 is 14.0 Å². The summed E-state index contributed by atoms with van der Waals surface area (Å²) < 4.78 is 14.9. The summed E-state index contributed by atoms with van der Waals surface area (Å²) in [6.45, 7) is 7.05.